The van der Waals surface area contributed by atoms with Crippen LogP contribution >= 0.6 is 11.8 Å². The Hall–Kier alpha value is -1.75. The van der Waals surface area contributed by atoms with Crippen LogP contribution in [0.4, 0.5) is 0 Å². The summed E-state index contributed by atoms with van der Waals surface area (Å²) in [5.74, 6) is 0.0752. The molecule has 0 fully saturated rings. The lowest BCUT2D eigenvalue weighted by Gasteiger charge is -2.13. The number of benzene rings is 1. The minimum atomic E-state index is -0.436. The van der Waals surface area contributed by atoms with Crippen molar-refractivity contribution in [1.29, 1.82) is 0 Å². The van der Waals surface area contributed by atoms with Gasteiger partial charge in [0.1, 0.15) is 16.3 Å². The van der Waals surface area contributed by atoms with Gasteiger partial charge in [-0.1, -0.05) is 12.1 Å². The number of fused-ring (bicyclic) bond motifs is 1. The summed E-state index contributed by atoms with van der Waals surface area (Å²) in [5.41, 5.74) is 1.18. The third kappa shape index (κ3) is 2.01. The smallest absolute Gasteiger partial charge is 0.344 e. The average molecular weight is 263 g/mol. The SMILES string of the molecule is COC(=O)c1c(SC)nc2ccccc2c1OC. The first kappa shape index (κ1) is 12.7. The fourth-order valence-corrected chi connectivity index (χ4v) is 2.37. The molecule has 0 saturated carbocycles. The molecule has 0 bridgehead atoms. The van der Waals surface area contributed by atoms with Crippen LogP contribution in [0, 0.1) is 0 Å². The number of para-hydroxylation sites is 1. The first-order valence-corrected chi connectivity index (χ1v) is 6.54. The molecule has 0 saturated heterocycles. The maximum atomic E-state index is 11.9. The molecule has 2 aromatic rings. The van der Waals surface area contributed by atoms with E-state index >= 15 is 0 Å². The van der Waals surface area contributed by atoms with E-state index in [1.54, 1.807) is 7.11 Å². The summed E-state index contributed by atoms with van der Waals surface area (Å²) in [4.78, 5) is 16.3. The van der Waals surface area contributed by atoms with Gasteiger partial charge in [0.2, 0.25) is 0 Å². The zero-order valence-corrected chi connectivity index (χ0v) is 11.2. The van der Waals surface area contributed by atoms with Gasteiger partial charge in [-0.15, -0.1) is 11.8 Å². The number of hydrogen-bond acceptors (Lipinski definition) is 5. The summed E-state index contributed by atoms with van der Waals surface area (Å²) >= 11 is 1.39. The Morgan fingerprint density at radius 3 is 2.61 bits per heavy atom. The van der Waals surface area contributed by atoms with Gasteiger partial charge in [-0.05, 0) is 18.4 Å². The highest BCUT2D eigenvalue weighted by Gasteiger charge is 2.22. The number of methoxy groups -OCH3 is 2. The van der Waals surface area contributed by atoms with Crippen LogP contribution in [-0.2, 0) is 4.74 Å². The van der Waals surface area contributed by atoms with E-state index in [-0.39, 0.29) is 0 Å². The Morgan fingerprint density at radius 2 is 2.00 bits per heavy atom. The number of pyridine rings is 1. The Balaban J connectivity index is 2.84. The van der Waals surface area contributed by atoms with Crippen LogP contribution in [0.25, 0.3) is 10.9 Å². The minimum Gasteiger partial charge on any atom is -0.495 e. The molecule has 4 nitrogen and oxygen atoms in total. The van der Waals surface area contributed by atoms with E-state index in [1.165, 1.54) is 18.9 Å². The highest BCUT2D eigenvalue weighted by molar-refractivity contribution is 7.98. The van der Waals surface area contributed by atoms with Gasteiger partial charge in [0.25, 0.3) is 0 Å². The molecule has 0 atom stereocenters. The lowest BCUT2D eigenvalue weighted by Crippen LogP contribution is -2.08. The molecule has 0 aliphatic heterocycles. The molecule has 2 rings (SSSR count). The van der Waals surface area contributed by atoms with Crippen molar-refractivity contribution in [3.63, 3.8) is 0 Å². The molecule has 0 aliphatic rings. The number of thioether (sulfide) groups is 1. The molecule has 0 unspecified atom stereocenters. The Bertz CT molecular complexity index is 598. The zero-order chi connectivity index (χ0) is 13.1. The van der Waals surface area contributed by atoms with Crippen LogP contribution in [-0.4, -0.2) is 31.4 Å². The largest absolute Gasteiger partial charge is 0.495 e. The Morgan fingerprint density at radius 1 is 1.28 bits per heavy atom. The fourth-order valence-electron chi connectivity index (χ4n) is 1.80. The molecule has 0 radical (unpaired) electrons. The quantitative estimate of drug-likeness (QED) is 0.629. The summed E-state index contributed by atoms with van der Waals surface area (Å²) in [7, 11) is 2.89. The number of ether oxygens (including phenoxy) is 2. The van der Waals surface area contributed by atoms with Crippen LogP contribution in [0.1, 0.15) is 10.4 Å². The van der Waals surface area contributed by atoms with E-state index in [2.05, 4.69) is 4.98 Å². The van der Waals surface area contributed by atoms with Crippen molar-refractivity contribution in [1.82, 2.24) is 4.98 Å². The standard InChI is InChI=1S/C13H13NO3S/c1-16-11-8-6-4-5-7-9(8)14-12(18-3)10(11)13(15)17-2/h4-7H,1-3H3. The predicted molar refractivity (Wildman–Crippen MR) is 71.4 cm³/mol. The second-order valence-electron chi connectivity index (χ2n) is 3.54. The second-order valence-corrected chi connectivity index (χ2v) is 4.33. The highest BCUT2D eigenvalue weighted by Crippen LogP contribution is 2.34. The second kappa shape index (κ2) is 5.27. The van der Waals surface area contributed by atoms with Crippen molar-refractivity contribution in [2.75, 3.05) is 20.5 Å². The summed E-state index contributed by atoms with van der Waals surface area (Å²) in [6.45, 7) is 0. The molecule has 0 amide bonds. The number of esters is 1. The fraction of sp³-hybridized carbons (Fsp3) is 0.231. The molecular weight excluding hydrogens is 250 g/mol. The van der Waals surface area contributed by atoms with Crippen molar-refractivity contribution in [2.24, 2.45) is 0 Å². The molecular formula is C13H13NO3S. The van der Waals surface area contributed by atoms with Crippen molar-refractivity contribution >= 4 is 28.6 Å². The molecule has 5 heteroatoms. The summed E-state index contributed by atoms with van der Waals surface area (Å²) in [6.07, 6.45) is 1.86. The van der Waals surface area contributed by atoms with E-state index in [4.69, 9.17) is 9.47 Å². The number of carbonyl (C=O) groups is 1. The van der Waals surface area contributed by atoms with Gasteiger partial charge in [0, 0.05) is 5.39 Å². The van der Waals surface area contributed by atoms with Crippen LogP contribution in [0.5, 0.6) is 5.75 Å². The van der Waals surface area contributed by atoms with Gasteiger partial charge < -0.3 is 9.47 Å². The van der Waals surface area contributed by atoms with E-state index < -0.39 is 5.97 Å². The van der Waals surface area contributed by atoms with Gasteiger partial charge in [0.15, 0.2) is 0 Å². The molecule has 1 aromatic carbocycles. The first-order valence-electron chi connectivity index (χ1n) is 5.32. The van der Waals surface area contributed by atoms with E-state index in [1.807, 2.05) is 30.5 Å². The Kier molecular flexibility index (Phi) is 3.72. The lowest BCUT2D eigenvalue weighted by atomic mass is 10.1. The van der Waals surface area contributed by atoms with Crippen molar-refractivity contribution in [3.8, 4) is 5.75 Å². The molecule has 0 N–H and O–H groups in total. The van der Waals surface area contributed by atoms with Gasteiger partial charge >= 0.3 is 5.97 Å². The minimum absolute atomic E-state index is 0.381. The molecule has 1 heterocycles. The monoisotopic (exact) mass is 263 g/mol. The van der Waals surface area contributed by atoms with Crippen LogP contribution in [0.3, 0.4) is 0 Å². The van der Waals surface area contributed by atoms with Gasteiger partial charge in [-0.25, -0.2) is 9.78 Å². The van der Waals surface area contributed by atoms with Gasteiger partial charge in [-0.3, -0.25) is 0 Å². The van der Waals surface area contributed by atoms with E-state index in [9.17, 15) is 4.79 Å². The molecule has 0 aliphatic carbocycles. The van der Waals surface area contributed by atoms with Gasteiger partial charge in [-0.2, -0.15) is 0 Å². The van der Waals surface area contributed by atoms with Crippen molar-refractivity contribution in [2.45, 2.75) is 5.03 Å². The number of carbonyl (C=O) groups excluding carboxylic acids is 1. The molecule has 94 valence electrons. The van der Waals surface area contributed by atoms with Crippen LogP contribution in [0.2, 0.25) is 0 Å². The maximum Gasteiger partial charge on any atom is 0.344 e. The average Bonchev–Trinajstić information content (AvgIpc) is 2.44. The zero-order valence-electron chi connectivity index (χ0n) is 10.4. The van der Waals surface area contributed by atoms with Crippen molar-refractivity contribution < 1.29 is 14.3 Å². The first-order chi connectivity index (χ1) is 8.72. The summed E-state index contributed by atoms with van der Waals surface area (Å²) in [6, 6.07) is 7.54. The third-order valence-electron chi connectivity index (χ3n) is 2.60. The summed E-state index contributed by atoms with van der Waals surface area (Å²) in [5, 5.41) is 1.41. The van der Waals surface area contributed by atoms with E-state index in [0.29, 0.717) is 16.3 Å². The van der Waals surface area contributed by atoms with Crippen LogP contribution in [0.15, 0.2) is 29.3 Å². The third-order valence-corrected chi connectivity index (χ3v) is 3.28. The number of rotatable bonds is 3. The predicted octanol–water partition coefficient (Wildman–Crippen LogP) is 2.75. The number of nitrogens with zero attached hydrogens (tertiary/aromatic N) is 1. The van der Waals surface area contributed by atoms with Crippen molar-refractivity contribution in [3.05, 3.63) is 29.8 Å². The topological polar surface area (TPSA) is 48.4 Å². The maximum absolute atomic E-state index is 11.9. The molecule has 1 aromatic heterocycles. The molecule has 0 spiro atoms. The number of aromatic nitrogens is 1. The van der Waals surface area contributed by atoms with Gasteiger partial charge in [0.05, 0.1) is 19.7 Å². The normalized spacial score (nSPS) is 10.4. The number of hydrogen-bond donors (Lipinski definition) is 0. The van der Waals surface area contributed by atoms with E-state index in [0.717, 1.165) is 10.9 Å². The lowest BCUT2D eigenvalue weighted by molar-refractivity contribution is 0.0592. The molecule has 18 heavy (non-hydrogen) atoms. The summed E-state index contributed by atoms with van der Waals surface area (Å²) < 4.78 is 10.2. The Labute approximate surface area is 109 Å². The van der Waals surface area contributed by atoms with Crippen LogP contribution < -0.4 is 4.74 Å². The highest BCUT2D eigenvalue weighted by atomic mass is 32.2.